The number of esters is 1. The molecular formula is C18H22N2O4S. The van der Waals surface area contributed by atoms with Crippen molar-refractivity contribution in [3.05, 3.63) is 45.4 Å². The van der Waals surface area contributed by atoms with E-state index in [1.54, 1.807) is 16.2 Å². The number of hydrogen-bond acceptors (Lipinski definition) is 5. The molecule has 7 heteroatoms. The Kier molecular flexibility index (Phi) is 5.55. The van der Waals surface area contributed by atoms with Crippen molar-refractivity contribution in [3.63, 3.8) is 0 Å². The Labute approximate surface area is 151 Å². The number of carbonyl (C=O) groups excluding carboxylic acids is 2. The lowest BCUT2D eigenvalue weighted by atomic mass is 10.2. The van der Waals surface area contributed by atoms with Gasteiger partial charge in [-0.15, -0.1) is 11.3 Å². The van der Waals surface area contributed by atoms with Crippen molar-refractivity contribution >= 4 is 23.2 Å². The number of amides is 1. The van der Waals surface area contributed by atoms with Crippen molar-refractivity contribution in [2.75, 3.05) is 32.9 Å². The predicted octanol–water partition coefficient (Wildman–Crippen LogP) is 2.23. The minimum absolute atomic E-state index is 0.177. The van der Waals surface area contributed by atoms with Crippen LogP contribution in [0.25, 0.3) is 0 Å². The molecule has 0 spiro atoms. The van der Waals surface area contributed by atoms with Gasteiger partial charge >= 0.3 is 5.97 Å². The smallest absolute Gasteiger partial charge is 0.340 e. The Balaban J connectivity index is 1.63. The van der Waals surface area contributed by atoms with E-state index in [0.717, 1.165) is 17.9 Å². The SMILES string of the molecule is Cc1cc(C(=O)OCC(=O)N2CCOCC2)c(C)n1Cc1cccs1. The first-order valence-corrected chi connectivity index (χ1v) is 9.16. The highest BCUT2D eigenvalue weighted by Gasteiger charge is 2.21. The molecule has 3 heterocycles. The maximum atomic E-state index is 12.4. The number of aromatic nitrogens is 1. The van der Waals surface area contributed by atoms with Gasteiger partial charge in [0.15, 0.2) is 6.61 Å². The second-order valence-corrected chi connectivity index (χ2v) is 7.05. The fourth-order valence-corrected chi connectivity index (χ4v) is 3.61. The molecule has 1 aliphatic heterocycles. The number of aryl methyl sites for hydroxylation is 1. The van der Waals surface area contributed by atoms with Crippen molar-refractivity contribution in [2.24, 2.45) is 0 Å². The van der Waals surface area contributed by atoms with E-state index >= 15 is 0 Å². The fourth-order valence-electron chi connectivity index (χ4n) is 2.92. The van der Waals surface area contributed by atoms with Crippen LogP contribution in [0.3, 0.4) is 0 Å². The first-order valence-electron chi connectivity index (χ1n) is 8.28. The number of ether oxygens (including phenoxy) is 2. The molecule has 25 heavy (non-hydrogen) atoms. The molecule has 3 rings (SSSR count). The monoisotopic (exact) mass is 362 g/mol. The molecule has 0 aromatic carbocycles. The topological polar surface area (TPSA) is 60.8 Å². The summed E-state index contributed by atoms with van der Waals surface area (Å²) in [5.74, 6) is -0.629. The molecule has 0 radical (unpaired) electrons. The van der Waals surface area contributed by atoms with Crippen LogP contribution in [0.2, 0.25) is 0 Å². The first kappa shape index (κ1) is 17.7. The van der Waals surface area contributed by atoms with Crippen LogP contribution in [0.4, 0.5) is 0 Å². The number of nitrogens with zero attached hydrogens (tertiary/aromatic N) is 2. The van der Waals surface area contributed by atoms with E-state index in [1.165, 1.54) is 4.88 Å². The average Bonchev–Trinajstić information content (AvgIpc) is 3.24. The molecule has 2 aromatic rings. The van der Waals surface area contributed by atoms with Crippen molar-refractivity contribution in [3.8, 4) is 0 Å². The van der Waals surface area contributed by atoms with Gasteiger partial charge in [0, 0.05) is 29.4 Å². The summed E-state index contributed by atoms with van der Waals surface area (Å²) < 4.78 is 12.6. The molecule has 1 amide bonds. The minimum Gasteiger partial charge on any atom is -0.452 e. The summed E-state index contributed by atoms with van der Waals surface area (Å²) in [6.45, 7) is 6.53. The minimum atomic E-state index is -0.452. The summed E-state index contributed by atoms with van der Waals surface area (Å²) in [5.41, 5.74) is 2.37. The van der Waals surface area contributed by atoms with Crippen LogP contribution in [-0.4, -0.2) is 54.3 Å². The second-order valence-electron chi connectivity index (χ2n) is 6.02. The number of morpholine rings is 1. The summed E-state index contributed by atoms with van der Waals surface area (Å²) >= 11 is 1.69. The Morgan fingerprint density at radius 2 is 2.04 bits per heavy atom. The second kappa shape index (κ2) is 7.84. The molecule has 0 atom stereocenters. The lowest BCUT2D eigenvalue weighted by Gasteiger charge is -2.26. The van der Waals surface area contributed by atoms with Gasteiger partial charge in [0.1, 0.15) is 0 Å². The molecule has 1 saturated heterocycles. The molecule has 1 fully saturated rings. The summed E-state index contributed by atoms with van der Waals surface area (Å²) in [5, 5.41) is 2.04. The van der Waals surface area contributed by atoms with Gasteiger partial charge in [-0.1, -0.05) is 6.07 Å². The van der Waals surface area contributed by atoms with E-state index in [1.807, 2.05) is 31.4 Å². The van der Waals surface area contributed by atoms with E-state index in [-0.39, 0.29) is 12.5 Å². The maximum Gasteiger partial charge on any atom is 0.340 e. The third-order valence-electron chi connectivity index (χ3n) is 4.38. The van der Waals surface area contributed by atoms with Crippen LogP contribution >= 0.6 is 11.3 Å². The highest BCUT2D eigenvalue weighted by Crippen LogP contribution is 2.20. The molecule has 6 nitrogen and oxygen atoms in total. The summed E-state index contributed by atoms with van der Waals surface area (Å²) in [6, 6.07) is 5.91. The van der Waals surface area contributed by atoms with Crippen LogP contribution < -0.4 is 0 Å². The summed E-state index contributed by atoms with van der Waals surface area (Å²) in [7, 11) is 0. The Morgan fingerprint density at radius 1 is 1.28 bits per heavy atom. The lowest BCUT2D eigenvalue weighted by molar-refractivity contribution is -0.138. The van der Waals surface area contributed by atoms with Gasteiger partial charge in [-0.05, 0) is 31.4 Å². The molecule has 0 saturated carbocycles. The normalized spacial score (nSPS) is 14.6. The Bertz CT molecular complexity index is 745. The molecule has 134 valence electrons. The zero-order valence-electron chi connectivity index (χ0n) is 14.5. The Hall–Kier alpha value is -2.12. The standard InChI is InChI=1S/C18H22N2O4S/c1-13-10-16(14(2)20(13)11-15-4-3-9-25-15)18(22)24-12-17(21)19-5-7-23-8-6-19/h3-4,9-10H,5-8,11-12H2,1-2H3. The zero-order valence-corrected chi connectivity index (χ0v) is 15.3. The van der Waals surface area contributed by atoms with Gasteiger partial charge in [-0.2, -0.15) is 0 Å². The van der Waals surface area contributed by atoms with Crippen LogP contribution in [0.15, 0.2) is 23.6 Å². The number of hydrogen-bond donors (Lipinski definition) is 0. The molecular weight excluding hydrogens is 340 g/mol. The third kappa shape index (κ3) is 4.11. The van der Waals surface area contributed by atoms with Gasteiger partial charge in [0.2, 0.25) is 0 Å². The first-order chi connectivity index (χ1) is 12.1. The highest BCUT2D eigenvalue weighted by molar-refractivity contribution is 7.09. The third-order valence-corrected chi connectivity index (χ3v) is 5.24. The maximum absolute atomic E-state index is 12.4. The van der Waals surface area contributed by atoms with E-state index in [0.29, 0.717) is 31.9 Å². The highest BCUT2D eigenvalue weighted by atomic mass is 32.1. The zero-order chi connectivity index (χ0) is 17.8. The van der Waals surface area contributed by atoms with E-state index in [2.05, 4.69) is 10.6 Å². The van der Waals surface area contributed by atoms with Gasteiger partial charge in [0.05, 0.1) is 25.3 Å². The fraction of sp³-hybridized carbons (Fsp3) is 0.444. The van der Waals surface area contributed by atoms with Crippen LogP contribution in [0.5, 0.6) is 0 Å². The van der Waals surface area contributed by atoms with Crippen molar-refractivity contribution < 1.29 is 19.1 Å². The molecule has 0 unspecified atom stereocenters. The van der Waals surface area contributed by atoms with E-state index in [9.17, 15) is 9.59 Å². The number of thiophene rings is 1. The number of rotatable bonds is 5. The van der Waals surface area contributed by atoms with E-state index < -0.39 is 5.97 Å². The van der Waals surface area contributed by atoms with Gasteiger partial charge < -0.3 is 18.9 Å². The van der Waals surface area contributed by atoms with Crippen LogP contribution in [-0.2, 0) is 20.8 Å². The predicted molar refractivity (Wildman–Crippen MR) is 95.0 cm³/mol. The van der Waals surface area contributed by atoms with Gasteiger partial charge in [0.25, 0.3) is 5.91 Å². The van der Waals surface area contributed by atoms with Crippen LogP contribution in [0.1, 0.15) is 26.6 Å². The van der Waals surface area contributed by atoms with Gasteiger partial charge in [-0.3, -0.25) is 4.79 Å². The van der Waals surface area contributed by atoms with E-state index in [4.69, 9.17) is 9.47 Å². The summed E-state index contributed by atoms with van der Waals surface area (Å²) in [4.78, 5) is 27.4. The summed E-state index contributed by atoms with van der Waals surface area (Å²) in [6.07, 6.45) is 0. The molecule has 0 aliphatic carbocycles. The molecule has 2 aromatic heterocycles. The van der Waals surface area contributed by atoms with Crippen LogP contribution in [0, 0.1) is 13.8 Å². The van der Waals surface area contributed by atoms with Gasteiger partial charge in [-0.25, -0.2) is 4.79 Å². The molecule has 1 aliphatic rings. The Morgan fingerprint density at radius 3 is 2.72 bits per heavy atom. The van der Waals surface area contributed by atoms with Crippen molar-refractivity contribution in [1.29, 1.82) is 0 Å². The molecule has 0 N–H and O–H groups in total. The number of carbonyl (C=O) groups is 2. The average molecular weight is 362 g/mol. The quantitative estimate of drug-likeness (QED) is 0.766. The largest absolute Gasteiger partial charge is 0.452 e. The molecule has 0 bridgehead atoms. The lowest BCUT2D eigenvalue weighted by Crippen LogP contribution is -2.42. The van der Waals surface area contributed by atoms with Crippen molar-refractivity contribution in [2.45, 2.75) is 20.4 Å². The van der Waals surface area contributed by atoms with Crippen molar-refractivity contribution in [1.82, 2.24) is 9.47 Å².